The normalized spacial score (nSPS) is 11.7. The van der Waals surface area contributed by atoms with Crippen molar-refractivity contribution in [2.45, 2.75) is 28.5 Å². The Kier molecular flexibility index (Phi) is 6.67. The lowest BCUT2D eigenvalue weighted by Gasteiger charge is -2.19. The van der Waals surface area contributed by atoms with Crippen LogP contribution < -0.4 is 0 Å². The first-order valence-corrected chi connectivity index (χ1v) is 10.7. The first-order valence-electron chi connectivity index (χ1n) is 7.60. The molecule has 0 unspecified atom stereocenters. The van der Waals surface area contributed by atoms with E-state index in [0.717, 1.165) is 9.37 Å². The van der Waals surface area contributed by atoms with E-state index in [-0.39, 0.29) is 10.5 Å². The highest BCUT2D eigenvalue weighted by molar-refractivity contribution is 9.10. The Balaban J connectivity index is 2.44. The van der Waals surface area contributed by atoms with Crippen LogP contribution in [0.3, 0.4) is 0 Å². The van der Waals surface area contributed by atoms with E-state index in [4.69, 9.17) is 0 Å². The van der Waals surface area contributed by atoms with Crippen LogP contribution in [-0.2, 0) is 10.0 Å². The van der Waals surface area contributed by atoms with Crippen LogP contribution in [-0.4, -0.2) is 36.9 Å². The molecular formula is C17H18BrNO4S2. The van der Waals surface area contributed by atoms with Gasteiger partial charge in [0, 0.05) is 27.4 Å². The van der Waals surface area contributed by atoms with Crippen molar-refractivity contribution in [1.82, 2.24) is 4.31 Å². The highest BCUT2D eigenvalue weighted by atomic mass is 79.9. The molecule has 0 saturated carbocycles. The largest absolute Gasteiger partial charge is 0.478 e. The van der Waals surface area contributed by atoms with Crippen molar-refractivity contribution in [3.05, 3.63) is 52.5 Å². The van der Waals surface area contributed by atoms with Gasteiger partial charge in [-0.05, 0) is 42.5 Å². The van der Waals surface area contributed by atoms with Gasteiger partial charge in [0.1, 0.15) is 0 Å². The molecule has 2 rings (SSSR count). The SMILES string of the molecule is CCN(CC)S(=O)(=O)c1ccc(Sc2ccc(Br)cc2)c(C(=O)O)c1. The summed E-state index contributed by atoms with van der Waals surface area (Å²) in [5.41, 5.74) is -0.0267. The van der Waals surface area contributed by atoms with Gasteiger partial charge >= 0.3 is 5.97 Å². The van der Waals surface area contributed by atoms with Crippen molar-refractivity contribution in [2.24, 2.45) is 0 Å². The predicted octanol–water partition coefficient (Wildman–Crippen LogP) is 4.33. The minimum absolute atomic E-state index is 0.00578. The van der Waals surface area contributed by atoms with Gasteiger partial charge in [-0.15, -0.1) is 0 Å². The second-order valence-corrected chi connectivity index (χ2v) is 9.08. The molecule has 0 radical (unpaired) electrons. The molecule has 2 aromatic carbocycles. The summed E-state index contributed by atoms with van der Waals surface area (Å²) >= 11 is 4.63. The van der Waals surface area contributed by atoms with Crippen LogP contribution in [0.1, 0.15) is 24.2 Å². The summed E-state index contributed by atoms with van der Waals surface area (Å²) in [6.45, 7) is 4.15. The van der Waals surface area contributed by atoms with Gasteiger partial charge in [-0.25, -0.2) is 13.2 Å². The van der Waals surface area contributed by atoms with E-state index in [1.54, 1.807) is 19.9 Å². The quantitative estimate of drug-likeness (QED) is 0.688. The maximum absolute atomic E-state index is 12.6. The molecule has 2 aromatic rings. The third kappa shape index (κ3) is 4.63. The van der Waals surface area contributed by atoms with Crippen molar-refractivity contribution in [1.29, 1.82) is 0 Å². The van der Waals surface area contributed by atoms with E-state index in [0.29, 0.717) is 18.0 Å². The number of hydrogen-bond acceptors (Lipinski definition) is 4. The van der Waals surface area contributed by atoms with Gasteiger partial charge in [0.25, 0.3) is 0 Å². The van der Waals surface area contributed by atoms with Crippen LogP contribution in [0.15, 0.2) is 61.6 Å². The third-order valence-electron chi connectivity index (χ3n) is 3.57. The summed E-state index contributed by atoms with van der Waals surface area (Å²) < 4.78 is 27.4. The van der Waals surface area contributed by atoms with Crippen LogP contribution in [0.2, 0.25) is 0 Å². The van der Waals surface area contributed by atoms with Crippen LogP contribution in [0.5, 0.6) is 0 Å². The molecule has 0 amide bonds. The summed E-state index contributed by atoms with van der Waals surface area (Å²) in [4.78, 5) is 13.0. The lowest BCUT2D eigenvalue weighted by Crippen LogP contribution is -2.30. The van der Waals surface area contributed by atoms with Gasteiger partial charge in [-0.1, -0.05) is 41.5 Å². The molecular weight excluding hydrogens is 426 g/mol. The average Bonchev–Trinajstić information content (AvgIpc) is 2.57. The van der Waals surface area contributed by atoms with E-state index < -0.39 is 16.0 Å². The van der Waals surface area contributed by atoms with Gasteiger partial charge in [-0.2, -0.15) is 4.31 Å². The first kappa shape index (κ1) is 20.0. The van der Waals surface area contributed by atoms with Crippen molar-refractivity contribution in [2.75, 3.05) is 13.1 Å². The minimum Gasteiger partial charge on any atom is -0.478 e. The van der Waals surface area contributed by atoms with E-state index in [1.807, 2.05) is 24.3 Å². The summed E-state index contributed by atoms with van der Waals surface area (Å²) in [5.74, 6) is -1.16. The van der Waals surface area contributed by atoms with Crippen LogP contribution >= 0.6 is 27.7 Å². The zero-order valence-electron chi connectivity index (χ0n) is 13.8. The molecule has 25 heavy (non-hydrogen) atoms. The topological polar surface area (TPSA) is 74.7 Å². The lowest BCUT2D eigenvalue weighted by molar-refractivity contribution is 0.0693. The van der Waals surface area contributed by atoms with Crippen LogP contribution in [0, 0.1) is 0 Å². The molecule has 0 heterocycles. The van der Waals surface area contributed by atoms with Crippen molar-refractivity contribution >= 4 is 43.7 Å². The molecule has 5 nitrogen and oxygen atoms in total. The number of carbonyl (C=O) groups is 1. The Morgan fingerprint density at radius 3 is 2.24 bits per heavy atom. The summed E-state index contributed by atoms with van der Waals surface area (Å²) in [7, 11) is -3.70. The Morgan fingerprint density at radius 2 is 1.72 bits per heavy atom. The van der Waals surface area contributed by atoms with Gasteiger partial charge in [0.15, 0.2) is 0 Å². The molecule has 0 aromatic heterocycles. The highest BCUT2D eigenvalue weighted by Gasteiger charge is 2.24. The molecule has 0 atom stereocenters. The molecule has 0 aliphatic carbocycles. The number of rotatable bonds is 7. The monoisotopic (exact) mass is 443 g/mol. The lowest BCUT2D eigenvalue weighted by atomic mass is 10.2. The second kappa shape index (κ2) is 8.35. The van der Waals surface area contributed by atoms with E-state index in [9.17, 15) is 18.3 Å². The maximum Gasteiger partial charge on any atom is 0.336 e. The number of sulfonamides is 1. The average molecular weight is 444 g/mol. The maximum atomic E-state index is 12.6. The first-order chi connectivity index (χ1) is 11.8. The smallest absolute Gasteiger partial charge is 0.336 e. The number of carboxylic acids is 1. The number of halogens is 1. The number of nitrogens with zero attached hydrogens (tertiary/aromatic N) is 1. The fourth-order valence-corrected chi connectivity index (χ4v) is 4.94. The Labute approximate surface area is 160 Å². The summed E-state index contributed by atoms with van der Waals surface area (Å²) in [6, 6.07) is 11.7. The number of aromatic carboxylic acids is 1. The standard InChI is InChI=1S/C17H18BrNO4S2/c1-3-19(4-2)25(22,23)14-9-10-16(15(11-14)17(20)21)24-13-7-5-12(18)6-8-13/h5-11H,3-4H2,1-2H3,(H,20,21). The fourth-order valence-electron chi connectivity index (χ4n) is 2.27. The van der Waals surface area contributed by atoms with Gasteiger partial charge in [0.2, 0.25) is 10.0 Å². The minimum atomic E-state index is -3.70. The number of hydrogen-bond donors (Lipinski definition) is 1. The van der Waals surface area contributed by atoms with Gasteiger partial charge in [0.05, 0.1) is 10.5 Å². The molecule has 8 heteroatoms. The van der Waals surface area contributed by atoms with Gasteiger partial charge in [-0.3, -0.25) is 0 Å². The van der Waals surface area contributed by atoms with E-state index in [1.165, 1.54) is 28.2 Å². The van der Waals surface area contributed by atoms with E-state index >= 15 is 0 Å². The fraction of sp³-hybridized carbons (Fsp3) is 0.235. The second-order valence-electron chi connectivity index (χ2n) is 5.11. The molecule has 0 aliphatic rings. The zero-order chi connectivity index (χ0) is 18.6. The highest BCUT2D eigenvalue weighted by Crippen LogP contribution is 2.33. The molecule has 0 bridgehead atoms. The molecule has 1 N–H and O–H groups in total. The van der Waals surface area contributed by atoms with Gasteiger partial charge < -0.3 is 5.11 Å². The Morgan fingerprint density at radius 1 is 1.12 bits per heavy atom. The van der Waals surface area contributed by atoms with E-state index in [2.05, 4.69) is 15.9 Å². The molecule has 0 saturated heterocycles. The molecule has 0 spiro atoms. The van der Waals surface area contributed by atoms with Crippen molar-refractivity contribution < 1.29 is 18.3 Å². The number of benzene rings is 2. The Hall–Kier alpha value is -1.35. The predicted molar refractivity (Wildman–Crippen MR) is 102 cm³/mol. The summed E-state index contributed by atoms with van der Waals surface area (Å²) in [6.07, 6.45) is 0. The molecule has 134 valence electrons. The third-order valence-corrected chi connectivity index (χ3v) is 7.22. The Bertz CT molecular complexity index is 863. The molecule has 0 fully saturated rings. The van der Waals surface area contributed by atoms with Crippen LogP contribution in [0.4, 0.5) is 0 Å². The van der Waals surface area contributed by atoms with Crippen LogP contribution in [0.25, 0.3) is 0 Å². The van der Waals surface area contributed by atoms with Crippen molar-refractivity contribution in [3.63, 3.8) is 0 Å². The zero-order valence-corrected chi connectivity index (χ0v) is 17.0. The number of carboxylic acid groups (broad SMARTS) is 1. The summed E-state index contributed by atoms with van der Waals surface area (Å²) in [5, 5.41) is 9.50. The molecule has 0 aliphatic heterocycles. The van der Waals surface area contributed by atoms with Crippen molar-refractivity contribution in [3.8, 4) is 0 Å².